The maximum atomic E-state index is 11.9. The second-order valence-electron chi connectivity index (χ2n) is 8.99. The highest BCUT2D eigenvalue weighted by Gasteiger charge is 2.08. The van der Waals surface area contributed by atoms with Crippen molar-refractivity contribution >= 4 is 5.91 Å². The zero-order valence-electron chi connectivity index (χ0n) is 20.0. The summed E-state index contributed by atoms with van der Waals surface area (Å²) in [5, 5.41) is 12.6. The van der Waals surface area contributed by atoms with Crippen LogP contribution in [0.3, 0.4) is 0 Å². The van der Waals surface area contributed by atoms with Crippen LogP contribution < -0.4 is 5.32 Å². The van der Waals surface area contributed by atoms with E-state index in [0.717, 1.165) is 25.7 Å². The molecule has 1 unspecified atom stereocenters. The normalized spacial score (nSPS) is 12.2. The Morgan fingerprint density at radius 3 is 1.34 bits per heavy atom. The van der Waals surface area contributed by atoms with Crippen LogP contribution in [0, 0.1) is 0 Å². The maximum Gasteiger partial charge on any atom is 0.221 e. The van der Waals surface area contributed by atoms with Gasteiger partial charge in [-0.3, -0.25) is 4.79 Å². The van der Waals surface area contributed by atoms with Gasteiger partial charge in [0, 0.05) is 6.42 Å². The van der Waals surface area contributed by atoms with E-state index in [1.54, 1.807) is 0 Å². The van der Waals surface area contributed by atoms with Gasteiger partial charge in [-0.15, -0.1) is 0 Å². The Labute approximate surface area is 182 Å². The molecule has 0 saturated heterocycles. The van der Waals surface area contributed by atoms with Gasteiger partial charge in [0.2, 0.25) is 5.91 Å². The highest BCUT2D eigenvalue weighted by molar-refractivity contribution is 5.75. The molecule has 0 bridgehead atoms. The second kappa shape index (κ2) is 23.7. The first kappa shape index (κ1) is 28.4. The first-order valence-corrected chi connectivity index (χ1v) is 13.2. The van der Waals surface area contributed by atoms with Crippen molar-refractivity contribution in [3.05, 3.63) is 0 Å². The first-order valence-electron chi connectivity index (χ1n) is 13.2. The van der Waals surface area contributed by atoms with E-state index in [9.17, 15) is 9.90 Å². The lowest BCUT2D eigenvalue weighted by atomic mass is 10.0. The van der Waals surface area contributed by atoms with Crippen molar-refractivity contribution in [1.29, 1.82) is 0 Å². The summed E-state index contributed by atoms with van der Waals surface area (Å²) in [5.41, 5.74) is 0. The van der Waals surface area contributed by atoms with Crippen molar-refractivity contribution in [2.24, 2.45) is 0 Å². The van der Waals surface area contributed by atoms with Crippen LogP contribution in [0.25, 0.3) is 0 Å². The Kier molecular flexibility index (Phi) is 23.2. The standard InChI is InChI=1S/C26H53NO2/c1-3-5-7-9-10-11-12-13-14-15-16-17-18-20-22-24-26(29)27-25(28)23-21-19-8-6-4-2/h25,28H,3-24H2,1-2H3,(H,27,29). The second-order valence-corrected chi connectivity index (χ2v) is 8.99. The highest BCUT2D eigenvalue weighted by atomic mass is 16.3. The van der Waals surface area contributed by atoms with E-state index in [4.69, 9.17) is 0 Å². The molecular formula is C26H53NO2. The summed E-state index contributed by atoms with van der Waals surface area (Å²) < 4.78 is 0. The number of rotatable bonds is 23. The van der Waals surface area contributed by atoms with Crippen LogP contribution in [0.1, 0.15) is 155 Å². The van der Waals surface area contributed by atoms with Crippen molar-refractivity contribution < 1.29 is 9.90 Å². The molecule has 3 nitrogen and oxygen atoms in total. The number of nitrogens with one attached hydrogen (secondary N) is 1. The summed E-state index contributed by atoms with van der Waals surface area (Å²) in [6, 6.07) is 0. The molecule has 0 aromatic rings. The predicted octanol–water partition coefficient (Wildman–Crippen LogP) is 8.04. The number of carbonyl (C=O) groups excluding carboxylic acids is 1. The molecule has 0 saturated carbocycles. The first-order chi connectivity index (χ1) is 14.2. The summed E-state index contributed by atoms with van der Waals surface area (Å²) in [6.07, 6.45) is 26.5. The molecule has 2 N–H and O–H groups in total. The van der Waals surface area contributed by atoms with Crippen LogP contribution in [0.2, 0.25) is 0 Å². The molecule has 0 aromatic heterocycles. The van der Waals surface area contributed by atoms with Gasteiger partial charge in [-0.1, -0.05) is 129 Å². The molecule has 0 heterocycles. The molecule has 0 radical (unpaired) electrons. The topological polar surface area (TPSA) is 49.3 Å². The molecule has 1 atom stereocenters. The van der Waals surface area contributed by atoms with Gasteiger partial charge in [0.15, 0.2) is 0 Å². The Bertz CT molecular complexity index is 333. The zero-order valence-corrected chi connectivity index (χ0v) is 20.0. The lowest BCUT2D eigenvalue weighted by Gasteiger charge is -2.12. The number of amides is 1. The molecule has 0 aliphatic carbocycles. The third-order valence-corrected chi connectivity index (χ3v) is 5.92. The van der Waals surface area contributed by atoms with E-state index >= 15 is 0 Å². The molecular weight excluding hydrogens is 358 g/mol. The number of unbranched alkanes of at least 4 members (excludes halogenated alkanes) is 18. The molecule has 0 rings (SSSR count). The minimum absolute atomic E-state index is 0.0146. The zero-order chi connectivity index (χ0) is 21.4. The Balaban J connectivity index is 3.24. The van der Waals surface area contributed by atoms with Crippen LogP contribution >= 0.6 is 0 Å². The van der Waals surface area contributed by atoms with Gasteiger partial charge in [-0.25, -0.2) is 0 Å². The molecule has 0 aromatic carbocycles. The van der Waals surface area contributed by atoms with Gasteiger partial charge in [-0.2, -0.15) is 0 Å². The quantitative estimate of drug-likeness (QED) is 0.132. The Morgan fingerprint density at radius 1 is 0.586 bits per heavy atom. The monoisotopic (exact) mass is 411 g/mol. The van der Waals surface area contributed by atoms with Crippen molar-refractivity contribution in [3.8, 4) is 0 Å². The minimum Gasteiger partial charge on any atom is -0.374 e. The Hall–Kier alpha value is -0.570. The van der Waals surface area contributed by atoms with Gasteiger partial charge in [0.1, 0.15) is 6.23 Å². The molecule has 29 heavy (non-hydrogen) atoms. The van der Waals surface area contributed by atoms with Crippen LogP contribution in [-0.4, -0.2) is 17.2 Å². The highest BCUT2D eigenvalue weighted by Crippen LogP contribution is 2.14. The van der Waals surface area contributed by atoms with Crippen LogP contribution in [0.15, 0.2) is 0 Å². The number of carbonyl (C=O) groups is 1. The molecule has 0 aliphatic heterocycles. The molecule has 0 spiro atoms. The fourth-order valence-electron chi connectivity index (χ4n) is 3.93. The number of aliphatic hydroxyl groups is 1. The average Bonchev–Trinajstić information content (AvgIpc) is 2.70. The van der Waals surface area contributed by atoms with Gasteiger partial charge < -0.3 is 10.4 Å². The van der Waals surface area contributed by atoms with E-state index < -0.39 is 6.23 Å². The fourth-order valence-corrected chi connectivity index (χ4v) is 3.93. The maximum absolute atomic E-state index is 11.9. The van der Waals surface area contributed by atoms with E-state index in [2.05, 4.69) is 19.2 Å². The third-order valence-electron chi connectivity index (χ3n) is 5.92. The SMILES string of the molecule is CCCCCCCCCCCCCCCCCC(=O)NC(O)CCCCCCC. The van der Waals surface area contributed by atoms with Crippen LogP contribution in [-0.2, 0) is 4.79 Å². The lowest BCUT2D eigenvalue weighted by Crippen LogP contribution is -2.34. The van der Waals surface area contributed by atoms with Gasteiger partial charge >= 0.3 is 0 Å². The summed E-state index contributed by atoms with van der Waals surface area (Å²) in [7, 11) is 0. The van der Waals surface area contributed by atoms with Crippen molar-refractivity contribution in [1.82, 2.24) is 5.32 Å². The van der Waals surface area contributed by atoms with Crippen LogP contribution in [0.4, 0.5) is 0 Å². The number of hydrogen-bond donors (Lipinski definition) is 2. The fraction of sp³-hybridized carbons (Fsp3) is 0.962. The minimum atomic E-state index is -0.652. The largest absolute Gasteiger partial charge is 0.374 e. The van der Waals surface area contributed by atoms with Gasteiger partial charge in [0.05, 0.1) is 0 Å². The number of hydrogen-bond acceptors (Lipinski definition) is 2. The summed E-state index contributed by atoms with van der Waals surface area (Å²) in [5.74, 6) is 0.0146. The van der Waals surface area contributed by atoms with Crippen molar-refractivity contribution in [2.45, 2.75) is 161 Å². The van der Waals surface area contributed by atoms with Crippen molar-refractivity contribution in [2.75, 3.05) is 0 Å². The van der Waals surface area contributed by atoms with Crippen molar-refractivity contribution in [3.63, 3.8) is 0 Å². The van der Waals surface area contributed by atoms with E-state index in [1.807, 2.05) is 0 Å². The third kappa shape index (κ3) is 23.6. The summed E-state index contributed by atoms with van der Waals surface area (Å²) >= 11 is 0. The summed E-state index contributed by atoms with van der Waals surface area (Å²) in [4.78, 5) is 11.9. The molecule has 3 heteroatoms. The molecule has 174 valence electrons. The summed E-state index contributed by atoms with van der Waals surface area (Å²) in [6.45, 7) is 4.48. The van der Waals surface area contributed by atoms with Crippen LogP contribution in [0.5, 0.6) is 0 Å². The smallest absolute Gasteiger partial charge is 0.221 e. The number of aliphatic hydroxyl groups excluding tert-OH is 1. The molecule has 0 fully saturated rings. The molecule has 1 amide bonds. The predicted molar refractivity (Wildman–Crippen MR) is 127 cm³/mol. The van der Waals surface area contributed by atoms with Gasteiger partial charge in [0.25, 0.3) is 0 Å². The van der Waals surface area contributed by atoms with E-state index in [0.29, 0.717) is 12.8 Å². The average molecular weight is 412 g/mol. The molecule has 0 aliphatic rings. The lowest BCUT2D eigenvalue weighted by molar-refractivity contribution is -0.124. The van der Waals surface area contributed by atoms with E-state index in [1.165, 1.54) is 103 Å². The van der Waals surface area contributed by atoms with Gasteiger partial charge in [-0.05, 0) is 19.3 Å². The van der Waals surface area contributed by atoms with E-state index in [-0.39, 0.29) is 5.91 Å². The Morgan fingerprint density at radius 2 is 0.931 bits per heavy atom.